The van der Waals surface area contributed by atoms with E-state index in [9.17, 15) is 9.59 Å². The molecule has 10 heteroatoms. The second kappa shape index (κ2) is 15.1. The van der Waals surface area contributed by atoms with Crippen molar-refractivity contribution in [3.63, 3.8) is 0 Å². The minimum Gasteiger partial charge on any atom is -0.494 e. The minimum absolute atomic E-state index is 0.0990. The summed E-state index contributed by atoms with van der Waals surface area (Å²) in [6, 6.07) is 11.4. The maximum atomic E-state index is 11.5. The van der Waals surface area contributed by atoms with Gasteiger partial charge in [-0.25, -0.2) is 4.79 Å². The van der Waals surface area contributed by atoms with Crippen LogP contribution in [0, 0.1) is 0 Å². The SMILES string of the molecule is CSC(=O)OCN(C)c1cc(OCCCCN2CCN(c3cccc(Cl)c3Cl)CC2)ccc1/C=C\C=O. The monoisotopic (exact) mass is 565 g/mol. The van der Waals surface area contributed by atoms with Crippen molar-refractivity contribution in [1.29, 1.82) is 0 Å². The highest BCUT2D eigenvalue weighted by atomic mass is 35.5. The topological polar surface area (TPSA) is 62.3 Å². The number of halogens is 2. The Labute approximate surface area is 233 Å². The van der Waals surface area contributed by atoms with E-state index in [0.717, 1.165) is 86.3 Å². The number of hydrogen-bond donors (Lipinski definition) is 0. The van der Waals surface area contributed by atoms with E-state index in [1.807, 2.05) is 48.3 Å². The number of anilines is 2. The molecule has 0 unspecified atom stereocenters. The van der Waals surface area contributed by atoms with Crippen molar-refractivity contribution in [3.8, 4) is 5.75 Å². The lowest BCUT2D eigenvalue weighted by Gasteiger charge is -2.36. The molecule has 0 amide bonds. The minimum atomic E-state index is -0.348. The van der Waals surface area contributed by atoms with Crippen molar-refractivity contribution in [2.24, 2.45) is 0 Å². The first-order valence-electron chi connectivity index (χ1n) is 12.1. The van der Waals surface area contributed by atoms with Gasteiger partial charge in [0, 0.05) is 39.3 Å². The van der Waals surface area contributed by atoms with Crippen LogP contribution < -0.4 is 14.5 Å². The van der Waals surface area contributed by atoms with Gasteiger partial charge >= 0.3 is 5.30 Å². The summed E-state index contributed by atoms with van der Waals surface area (Å²) >= 11 is 13.6. The highest BCUT2D eigenvalue weighted by molar-refractivity contribution is 8.12. The summed E-state index contributed by atoms with van der Waals surface area (Å²) in [6.45, 7) is 5.53. The van der Waals surface area contributed by atoms with E-state index in [0.29, 0.717) is 16.7 Å². The zero-order chi connectivity index (χ0) is 26.6. The number of benzene rings is 2. The van der Waals surface area contributed by atoms with Gasteiger partial charge < -0.3 is 19.3 Å². The van der Waals surface area contributed by atoms with Crippen LogP contribution in [-0.4, -0.2) is 75.9 Å². The molecule has 2 aromatic rings. The van der Waals surface area contributed by atoms with Crippen molar-refractivity contribution >= 4 is 64.0 Å². The van der Waals surface area contributed by atoms with Gasteiger partial charge in [0.1, 0.15) is 12.0 Å². The summed E-state index contributed by atoms with van der Waals surface area (Å²) in [6.07, 6.45) is 7.53. The zero-order valence-corrected chi connectivity index (χ0v) is 23.5. The normalized spacial score (nSPS) is 14.1. The fourth-order valence-electron chi connectivity index (χ4n) is 4.08. The molecule has 0 saturated carbocycles. The van der Waals surface area contributed by atoms with Gasteiger partial charge in [-0.05, 0) is 79.4 Å². The van der Waals surface area contributed by atoms with Crippen LogP contribution in [0.1, 0.15) is 18.4 Å². The lowest BCUT2D eigenvalue weighted by molar-refractivity contribution is -0.104. The fourth-order valence-corrected chi connectivity index (χ4v) is 4.67. The van der Waals surface area contributed by atoms with Crippen molar-refractivity contribution in [1.82, 2.24) is 4.90 Å². The van der Waals surface area contributed by atoms with Crippen molar-refractivity contribution in [3.05, 3.63) is 58.1 Å². The number of nitrogens with zero attached hydrogens (tertiary/aromatic N) is 3. The number of rotatable bonds is 12. The molecule has 0 atom stereocenters. The first-order valence-corrected chi connectivity index (χ1v) is 14.1. The third-order valence-corrected chi connectivity index (χ3v) is 7.35. The molecule has 1 aliphatic rings. The van der Waals surface area contributed by atoms with E-state index < -0.39 is 0 Å². The van der Waals surface area contributed by atoms with Gasteiger partial charge in [-0.15, -0.1) is 0 Å². The smallest absolute Gasteiger partial charge is 0.368 e. The van der Waals surface area contributed by atoms with Crippen molar-refractivity contribution in [2.75, 3.05) is 69.2 Å². The number of carbonyl (C=O) groups is 2. The summed E-state index contributed by atoms with van der Waals surface area (Å²) in [5, 5.41) is 0.864. The molecule has 1 aliphatic heterocycles. The van der Waals surface area contributed by atoms with Crippen LogP contribution in [0.3, 0.4) is 0 Å². The van der Waals surface area contributed by atoms with E-state index in [1.54, 1.807) is 12.3 Å². The van der Waals surface area contributed by atoms with Gasteiger partial charge in [0.05, 0.1) is 28.0 Å². The number of allylic oxidation sites excluding steroid dienone is 1. The molecular weight excluding hydrogens is 533 g/mol. The Hall–Kier alpha value is -2.39. The summed E-state index contributed by atoms with van der Waals surface area (Å²) in [5.74, 6) is 0.730. The van der Waals surface area contributed by atoms with Crippen LogP contribution in [0.5, 0.6) is 5.75 Å². The standard InChI is InChI=1S/C27H33Cl2N3O4S/c1-30(20-36-27(34)37-2)25-19-22(11-10-21(25)7-6-17-33)35-18-4-3-12-31-13-15-32(16-14-31)24-9-5-8-23(28)26(24)29/h5-11,17,19H,3-4,12-16,18,20H2,1-2H3/b7-6-. The van der Waals surface area contributed by atoms with Crippen LogP contribution in [0.2, 0.25) is 10.0 Å². The van der Waals surface area contributed by atoms with Gasteiger partial charge in [0.15, 0.2) is 6.73 Å². The number of thioether (sulfide) groups is 1. The van der Waals surface area contributed by atoms with Gasteiger partial charge in [0.2, 0.25) is 0 Å². The largest absolute Gasteiger partial charge is 0.494 e. The maximum absolute atomic E-state index is 11.5. The second-order valence-corrected chi connectivity index (χ2v) is 10.1. The summed E-state index contributed by atoms with van der Waals surface area (Å²) in [4.78, 5) is 28.9. The predicted octanol–water partition coefficient (Wildman–Crippen LogP) is 6.08. The molecule has 1 fully saturated rings. The third-order valence-electron chi connectivity index (χ3n) is 6.09. The molecule has 0 N–H and O–H groups in total. The summed E-state index contributed by atoms with van der Waals surface area (Å²) < 4.78 is 11.2. The van der Waals surface area contributed by atoms with Gasteiger partial charge in [0.25, 0.3) is 0 Å². The van der Waals surface area contributed by atoms with E-state index >= 15 is 0 Å². The van der Waals surface area contributed by atoms with Gasteiger partial charge in [-0.1, -0.05) is 29.3 Å². The average molecular weight is 567 g/mol. The molecule has 3 rings (SSSR count). The molecule has 0 aliphatic carbocycles. The Balaban J connectivity index is 1.44. The molecule has 1 heterocycles. The average Bonchev–Trinajstić information content (AvgIpc) is 2.92. The Bertz CT molecular complexity index is 1080. The van der Waals surface area contributed by atoms with Crippen LogP contribution >= 0.6 is 35.0 Å². The number of unbranched alkanes of at least 4 members (excludes halogenated alkanes) is 1. The molecule has 1 saturated heterocycles. The molecule has 0 bridgehead atoms. The second-order valence-electron chi connectivity index (χ2n) is 8.60. The van der Waals surface area contributed by atoms with Crippen molar-refractivity contribution in [2.45, 2.75) is 12.8 Å². The first-order chi connectivity index (χ1) is 17.9. The Morgan fingerprint density at radius 3 is 2.65 bits per heavy atom. The van der Waals surface area contributed by atoms with Crippen molar-refractivity contribution < 1.29 is 19.1 Å². The van der Waals surface area contributed by atoms with Crippen LogP contribution in [0.4, 0.5) is 16.2 Å². The number of aldehydes is 1. The van der Waals surface area contributed by atoms with Crippen LogP contribution in [0.25, 0.3) is 6.08 Å². The number of ether oxygens (including phenoxy) is 2. The molecule has 2 aromatic carbocycles. The number of carbonyl (C=O) groups excluding carboxylic acids is 2. The number of hydrogen-bond acceptors (Lipinski definition) is 8. The highest BCUT2D eigenvalue weighted by Crippen LogP contribution is 2.33. The molecule has 200 valence electrons. The Kier molecular flexibility index (Phi) is 11.9. The van der Waals surface area contributed by atoms with Crippen LogP contribution in [0.15, 0.2) is 42.5 Å². The molecule has 0 radical (unpaired) electrons. The Morgan fingerprint density at radius 2 is 1.92 bits per heavy atom. The van der Waals surface area contributed by atoms with E-state index in [-0.39, 0.29) is 12.0 Å². The predicted molar refractivity (Wildman–Crippen MR) is 155 cm³/mol. The summed E-state index contributed by atoms with van der Waals surface area (Å²) in [7, 11) is 1.82. The lowest BCUT2D eigenvalue weighted by atomic mass is 10.1. The molecule has 0 aromatic heterocycles. The van der Waals surface area contributed by atoms with Crippen LogP contribution in [-0.2, 0) is 9.53 Å². The quantitative estimate of drug-likeness (QED) is 0.101. The van der Waals surface area contributed by atoms with E-state index in [4.69, 9.17) is 32.7 Å². The van der Waals surface area contributed by atoms with Gasteiger partial charge in [-0.3, -0.25) is 9.69 Å². The molecule has 0 spiro atoms. The summed E-state index contributed by atoms with van der Waals surface area (Å²) in [5.41, 5.74) is 2.64. The first kappa shape index (κ1) is 29.2. The molecule has 37 heavy (non-hydrogen) atoms. The van der Waals surface area contributed by atoms with E-state index in [2.05, 4.69) is 9.80 Å². The van der Waals surface area contributed by atoms with E-state index in [1.165, 1.54) is 6.08 Å². The number of piperazine rings is 1. The highest BCUT2D eigenvalue weighted by Gasteiger charge is 2.19. The lowest BCUT2D eigenvalue weighted by Crippen LogP contribution is -2.46. The third kappa shape index (κ3) is 8.85. The zero-order valence-electron chi connectivity index (χ0n) is 21.2. The maximum Gasteiger partial charge on any atom is 0.368 e. The molecule has 7 nitrogen and oxygen atoms in total. The van der Waals surface area contributed by atoms with Gasteiger partial charge in [-0.2, -0.15) is 0 Å². The Morgan fingerprint density at radius 1 is 1.14 bits per heavy atom. The fraction of sp³-hybridized carbons (Fsp3) is 0.407. The molecular formula is C27H33Cl2N3O4S.